The molecule has 3 aromatic rings. The fourth-order valence-corrected chi connectivity index (χ4v) is 2.87. The normalized spacial score (nSPS) is 14.9. The van der Waals surface area contributed by atoms with Gasteiger partial charge in [-0.05, 0) is 44.9 Å². The monoisotopic (exact) mass is 369 g/mol. The number of pyridine rings is 1. The highest BCUT2D eigenvalue weighted by Crippen LogP contribution is 2.40. The fourth-order valence-electron chi connectivity index (χ4n) is 2.87. The second kappa shape index (κ2) is 6.86. The fraction of sp³-hybridized carbons (Fsp3) is 0.368. The minimum absolute atomic E-state index is 0.226. The highest BCUT2D eigenvalue weighted by atomic mass is 16.5. The van der Waals surface area contributed by atoms with Crippen LogP contribution in [-0.2, 0) is 16.1 Å². The van der Waals surface area contributed by atoms with Gasteiger partial charge in [0, 0.05) is 11.6 Å². The van der Waals surface area contributed by atoms with Gasteiger partial charge >= 0.3 is 5.97 Å². The molecule has 8 nitrogen and oxygen atoms in total. The second-order valence-electron chi connectivity index (χ2n) is 6.66. The van der Waals surface area contributed by atoms with Crippen LogP contribution in [0.25, 0.3) is 11.1 Å². The standard InChI is InChI=1S/C19H19N3O5/c1-10-16-14(8-15(12-5-6-12)21-18(16)27-22-10)19(24)26-11(2)17(23)20-9-13-4-3-7-25-13/h3-4,7-8,11-12H,5-6,9H2,1-2H3,(H,20,23). The van der Waals surface area contributed by atoms with Gasteiger partial charge in [-0.1, -0.05) is 5.16 Å². The first-order chi connectivity index (χ1) is 13.0. The SMILES string of the molecule is Cc1noc2nc(C3CC3)cc(C(=O)OC(C)C(=O)NCc3ccco3)c12. The number of aryl methyl sites for hydroxylation is 1. The summed E-state index contributed by atoms with van der Waals surface area (Å²) in [7, 11) is 0. The van der Waals surface area contributed by atoms with Crippen molar-refractivity contribution in [1.82, 2.24) is 15.5 Å². The molecule has 1 atom stereocenters. The van der Waals surface area contributed by atoms with Crippen molar-refractivity contribution in [1.29, 1.82) is 0 Å². The van der Waals surface area contributed by atoms with E-state index in [1.54, 1.807) is 25.1 Å². The molecule has 1 fully saturated rings. The number of carbonyl (C=O) groups excluding carboxylic acids is 2. The van der Waals surface area contributed by atoms with E-state index >= 15 is 0 Å². The molecule has 0 aliphatic heterocycles. The van der Waals surface area contributed by atoms with Crippen LogP contribution < -0.4 is 5.32 Å². The van der Waals surface area contributed by atoms with E-state index in [1.807, 2.05) is 0 Å². The van der Waals surface area contributed by atoms with Crippen LogP contribution in [-0.4, -0.2) is 28.1 Å². The van der Waals surface area contributed by atoms with E-state index < -0.39 is 18.0 Å². The van der Waals surface area contributed by atoms with Gasteiger partial charge < -0.3 is 19.0 Å². The zero-order valence-corrected chi connectivity index (χ0v) is 15.0. The van der Waals surface area contributed by atoms with Gasteiger partial charge in [-0.3, -0.25) is 4.79 Å². The minimum atomic E-state index is -0.958. The molecule has 0 saturated heterocycles. The molecule has 1 aliphatic carbocycles. The number of nitrogens with zero attached hydrogens (tertiary/aromatic N) is 2. The highest BCUT2D eigenvalue weighted by molar-refractivity contribution is 6.04. The molecule has 1 aliphatic rings. The van der Waals surface area contributed by atoms with Crippen molar-refractivity contribution in [2.45, 2.75) is 45.3 Å². The summed E-state index contributed by atoms with van der Waals surface area (Å²) in [6.07, 6.45) is 2.63. The van der Waals surface area contributed by atoms with E-state index in [0.29, 0.717) is 34.0 Å². The molecule has 1 saturated carbocycles. The van der Waals surface area contributed by atoms with Crippen molar-refractivity contribution in [3.05, 3.63) is 47.2 Å². The Labute approximate surface area is 154 Å². The van der Waals surface area contributed by atoms with Gasteiger partial charge in [0.25, 0.3) is 11.6 Å². The van der Waals surface area contributed by atoms with Gasteiger partial charge in [0.2, 0.25) is 0 Å². The average Bonchev–Trinajstić information content (AvgIpc) is 3.26. The third kappa shape index (κ3) is 3.55. The number of carbonyl (C=O) groups is 2. The molecule has 0 radical (unpaired) electrons. The lowest BCUT2D eigenvalue weighted by Crippen LogP contribution is -2.35. The van der Waals surface area contributed by atoms with Crippen LogP contribution in [0.15, 0.2) is 33.4 Å². The molecule has 3 aromatic heterocycles. The molecule has 4 rings (SSSR count). The minimum Gasteiger partial charge on any atom is -0.467 e. The predicted octanol–water partition coefficient (Wildman–Crippen LogP) is 2.86. The zero-order valence-electron chi connectivity index (χ0n) is 15.0. The van der Waals surface area contributed by atoms with E-state index in [4.69, 9.17) is 13.7 Å². The third-order valence-electron chi connectivity index (χ3n) is 4.52. The summed E-state index contributed by atoms with van der Waals surface area (Å²) >= 11 is 0. The van der Waals surface area contributed by atoms with Crippen molar-refractivity contribution in [2.75, 3.05) is 0 Å². The zero-order chi connectivity index (χ0) is 19.0. The first-order valence-electron chi connectivity index (χ1n) is 8.81. The number of hydrogen-bond donors (Lipinski definition) is 1. The molecule has 27 heavy (non-hydrogen) atoms. The molecule has 1 unspecified atom stereocenters. The van der Waals surface area contributed by atoms with Crippen molar-refractivity contribution in [2.24, 2.45) is 0 Å². The molecule has 8 heteroatoms. The van der Waals surface area contributed by atoms with Crippen molar-refractivity contribution in [3.8, 4) is 0 Å². The number of amides is 1. The van der Waals surface area contributed by atoms with E-state index in [9.17, 15) is 9.59 Å². The summed E-state index contributed by atoms with van der Waals surface area (Å²) in [5, 5.41) is 7.09. The number of ether oxygens (including phenoxy) is 1. The Bertz CT molecular complexity index is 988. The van der Waals surface area contributed by atoms with Gasteiger partial charge in [-0.15, -0.1) is 0 Å². The molecule has 3 heterocycles. The smallest absolute Gasteiger partial charge is 0.339 e. The van der Waals surface area contributed by atoms with Crippen LogP contribution in [0.4, 0.5) is 0 Å². The van der Waals surface area contributed by atoms with Gasteiger partial charge in [-0.2, -0.15) is 0 Å². The van der Waals surface area contributed by atoms with E-state index in [2.05, 4.69) is 15.5 Å². The van der Waals surface area contributed by atoms with Crippen molar-refractivity contribution < 1.29 is 23.3 Å². The average molecular weight is 369 g/mol. The van der Waals surface area contributed by atoms with E-state index in [-0.39, 0.29) is 6.54 Å². The Morgan fingerprint density at radius 1 is 1.41 bits per heavy atom. The number of nitrogens with one attached hydrogen (secondary N) is 1. The van der Waals surface area contributed by atoms with Gasteiger partial charge in [0.1, 0.15) is 5.76 Å². The van der Waals surface area contributed by atoms with Gasteiger partial charge in [-0.25, -0.2) is 9.78 Å². The summed E-state index contributed by atoms with van der Waals surface area (Å²) in [4.78, 5) is 29.4. The molecule has 0 aromatic carbocycles. The Balaban J connectivity index is 1.50. The van der Waals surface area contributed by atoms with E-state index in [0.717, 1.165) is 18.5 Å². The molecule has 0 bridgehead atoms. The summed E-state index contributed by atoms with van der Waals surface area (Å²) in [5.41, 5.74) is 1.99. The highest BCUT2D eigenvalue weighted by Gasteiger charge is 2.30. The first kappa shape index (κ1) is 17.3. The molecule has 1 amide bonds. The lowest BCUT2D eigenvalue weighted by molar-refractivity contribution is -0.129. The Morgan fingerprint density at radius 3 is 2.93 bits per heavy atom. The lowest BCUT2D eigenvalue weighted by atomic mass is 10.1. The lowest BCUT2D eigenvalue weighted by Gasteiger charge is -2.13. The van der Waals surface area contributed by atoms with Crippen LogP contribution in [0.3, 0.4) is 0 Å². The Kier molecular flexibility index (Phi) is 4.39. The summed E-state index contributed by atoms with van der Waals surface area (Å²) < 4.78 is 15.8. The number of rotatable bonds is 6. The van der Waals surface area contributed by atoms with Crippen molar-refractivity contribution in [3.63, 3.8) is 0 Å². The summed E-state index contributed by atoms with van der Waals surface area (Å²) in [6.45, 7) is 3.49. The van der Waals surface area contributed by atoms with Gasteiger partial charge in [0.15, 0.2) is 6.10 Å². The molecular weight excluding hydrogens is 350 g/mol. The van der Waals surface area contributed by atoms with Gasteiger partial charge in [0.05, 0.1) is 29.5 Å². The van der Waals surface area contributed by atoms with Crippen LogP contribution in [0.1, 0.15) is 53.2 Å². The maximum atomic E-state index is 12.7. The van der Waals surface area contributed by atoms with E-state index in [1.165, 1.54) is 13.2 Å². The second-order valence-corrected chi connectivity index (χ2v) is 6.66. The Hall–Kier alpha value is -3.16. The summed E-state index contributed by atoms with van der Waals surface area (Å²) in [5.74, 6) is -0.0574. The van der Waals surface area contributed by atoms with Crippen LogP contribution in [0.2, 0.25) is 0 Å². The quantitative estimate of drug-likeness (QED) is 0.666. The van der Waals surface area contributed by atoms with Crippen LogP contribution in [0.5, 0.6) is 0 Å². The molecule has 0 spiro atoms. The maximum absolute atomic E-state index is 12.7. The number of esters is 1. The molecular formula is C19H19N3O5. The molecule has 1 N–H and O–H groups in total. The predicted molar refractivity (Wildman–Crippen MR) is 93.9 cm³/mol. The number of furan rings is 1. The summed E-state index contributed by atoms with van der Waals surface area (Å²) in [6, 6.07) is 5.21. The number of fused-ring (bicyclic) bond motifs is 1. The largest absolute Gasteiger partial charge is 0.467 e. The van der Waals surface area contributed by atoms with Crippen molar-refractivity contribution >= 4 is 23.0 Å². The Morgan fingerprint density at radius 2 is 2.22 bits per heavy atom. The topological polar surface area (TPSA) is 107 Å². The first-order valence-corrected chi connectivity index (χ1v) is 8.81. The number of aromatic nitrogens is 2. The third-order valence-corrected chi connectivity index (χ3v) is 4.52. The maximum Gasteiger partial charge on any atom is 0.339 e. The number of hydrogen-bond acceptors (Lipinski definition) is 7. The molecule has 140 valence electrons. The van der Waals surface area contributed by atoms with Crippen LogP contribution in [0, 0.1) is 6.92 Å². The van der Waals surface area contributed by atoms with Crippen LogP contribution >= 0.6 is 0 Å².